The van der Waals surface area contributed by atoms with Crippen LogP contribution in [-0.2, 0) is 0 Å². The number of hydrogen-bond donors (Lipinski definition) is 2. The highest BCUT2D eigenvalue weighted by Crippen LogP contribution is 2.21. The molecule has 2 rings (SSSR count). The fourth-order valence-corrected chi connectivity index (χ4v) is 2.34. The van der Waals surface area contributed by atoms with Crippen molar-refractivity contribution in [3.63, 3.8) is 0 Å². The van der Waals surface area contributed by atoms with Crippen LogP contribution >= 0.6 is 0 Å². The van der Waals surface area contributed by atoms with Gasteiger partial charge in [-0.1, -0.05) is 30.3 Å². The van der Waals surface area contributed by atoms with Gasteiger partial charge in [-0.05, 0) is 24.9 Å². The molecular weight excluding hydrogens is 202 g/mol. The lowest BCUT2D eigenvalue weighted by molar-refractivity contribution is 0.0850. The van der Waals surface area contributed by atoms with E-state index in [9.17, 15) is 10.2 Å². The van der Waals surface area contributed by atoms with Crippen molar-refractivity contribution < 1.29 is 10.2 Å². The van der Waals surface area contributed by atoms with Crippen LogP contribution in [0.2, 0.25) is 0 Å². The molecule has 3 nitrogen and oxygen atoms in total. The van der Waals surface area contributed by atoms with E-state index in [0.717, 1.165) is 24.9 Å². The maximum absolute atomic E-state index is 10.1. The molecule has 3 heteroatoms. The van der Waals surface area contributed by atoms with Crippen LogP contribution in [0.1, 0.15) is 24.5 Å². The molecule has 0 aromatic heterocycles. The molecule has 1 aromatic rings. The number of benzene rings is 1. The van der Waals surface area contributed by atoms with Crippen molar-refractivity contribution in [2.75, 3.05) is 19.7 Å². The number of likely N-dealkylation sites (tertiary alicyclic amines) is 1. The van der Waals surface area contributed by atoms with Crippen molar-refractivity contribution in [3.05, 3.63) is 35.9 Å². The number of hydrogen-bond acceptors (Lipinski definition) is 3. The van der Waals surface area contributed by atoms with Gasteiger partial charge in [0.2, 0.25) is 0 Å². The van der Waals surface area contributed by atoms with Gasteiger partial charge < -0.3 is 10.2 Å². The van der Waals surface area contributed by atoms with Crippen molar-refractivity contribution >= 4 is 0 Å². The zero-order chi connectivity index (χ0) is 11.4. The minimum atomic E-state index is -0.451. The summed E-state index contributed by atoms with van der Waals surface area (Å²) < 4.78 is 0. The lowest BCUT2D eigenvalue weighted by Crippen LogP contribution is -2.35. The molecular formula is C13H19NO2. The molecule has 88 valence electrons. The standard InChI is InChI=1S/C13H19NO2/c15-10-12-7-4-8-14(12)9-13(16)11-5-2-1-3-6-11/h1-3,5-6,12-13,15-16H,4,7-10H2/t12-,13-/m0/s1. The average Bonchev–Trinajstić information content (AvgIpc) is 2.77. The Bertz CT molecular complexity index is 315. The van der Waals surface area contributed by atoms with Gasteiger partial charge in [0, 0.05) is 12.6 Å². The normalized spacial score (nSPS) is 23.5. The minimum absolute atomic E-state index is 0.196. The molecule has 0 radical (unpaired) electrons. The minimum Gasteiger partial charge on any atom is -0.395 e. The van der Waals surface area contributed by atoms with Crippen molar-refractivity contribution in [3.8, 4) is 0 Å². The molecule has 2 N–H and O–H groups in total. The molecule has 1 saturated heterocycles. The predicted octanol–water partition coefficient (Wildman–Crippen LogP) is 1.18. The fraction of sp³-hybridized carbons (Fsp3) is 0.538. The van der Waals surface area contributed by atoms with Crippen LogP contribution in [0.4, 0.5) is 0 Å². The highest BCUT2D eigenvalue weighted by atomic mass is 16.3. The van der Waals surface area contributed by atoms with Crippen LogP contribution in [0, 0.1) is 0 Å². The topological polar surface area (TPSA) is 43.7 Å². The summed E-state index contributed by atoms with van der Waals surface area (Å²) in [6.07, 6.45) is 1.71. The molecule has 1 aliphatic heterocycles. The second-order valence-electron chi connectivity index (χ2n) is 4.40. The molecule has 0 aliphatic carbocycles. The van der Waals surface area contributed by atoms with Gasteiger partial charge in [0.25, 0.3) is 0 Å². The maximum Gasteiger partial charge on any atom is 0.0917 e. The number of aliphatic hydroxyl groups is 2. The van der Waals surface area contributed by atoms with Crippen molar-refractivity contribution in [1.29, 1.82) is 0 Å². The zero-order valence-electron chi connectivity index (χ0n) is 9.42. The zero-order valence-corrected chi connectivity index (χ0v) is 9.42. The quantitative estimate of drug-likeness (QED) is 0.802. The third-order valence-corrected chi connectivity index (χ3v) is 3.30. The van der Waals surface area contributed by atoms with Gasteiger partial charge in [-0.2, -0.15) is 0 Å². The molecule has 0 bridgehead atoms. The van der Waals surface area contributed by atoms with E-state index in [1.54, 1.807) is 0 Å². The molecule has 0 amide bonds. The smallest absolute Gasteiger partial charge is 0.0917 e. The van der Waals surface area contributed by atoms with Gasteiger partial charge >= 0.3 is 0 Å². The average molecular weight is 221 g/mol. The van der Waals surface area contributed by atoms with Gasteiger partial charge in [-0.3, -0.25) is 4.90 Å². The van der Waals surface area contributed by atoms with Gasteiger partial charge in [0.15, 0.2) is 0 Å². The number of aliphatic hydroxyl groups excluding tert-OH is 2. The van der Waals surface area contributed by atoms with E-state index < -0.39 is 6.10 Å². The fourth-order valence-electron chi connectivity index (χ4n) is 2.34. The molecule has 1 fully saturated rings. The monoisotopic (exact) mass is 221 g/mol. The first-order valence-electron chi connectivity index (χ1n) is 5.89. The first kappa shape index (κ1) is 11.6. The van der Waals surface area contributed by atoms with E-state index in [1.165, 1.54) is 0 Å². The van der Waals surface area contributed by atoms with Gasteiger partial charge in [-0.25, -0.2) is 0 Å². The summed E-state index contributed by atoms with van der Waals surface area (Å²) in [5, 5.41) is 19.3. The van der Waals surface area contributed by atoms with E-state index in [-0.39, 0.29) is 12.6 Å². The van der Waals surface area contributed by atoms with Crippen LogP contribution in [-0.4, -0.2) is 40.9 Å². The van der Waals surface area contributed by atoms with E-state index in [4.69, 9.17) is 0 Å². The Morgan fingerprint density at radius 3 is 2.75 bits per heavy atom. The van der Waals surface area contributed by atoms with Crippen molar-refractivity contribution in [2.24, 2.45) is 0 Å². The molecule has 1 heterocycles. The summed E-state index contributed by atoms with van der Waals surface area (Å²) in [6.45, 7) is 1.80. The highest BCUT2D eigenvalue weighted by molar-refractivity contribution is 5.17. The lowest BCUT2D eigenvalue weighted by atomic mass is 10.1. The molecule has 2 atom stereocenters. The number of nitrogens with zero attached hydrogens (tertiary/aromatic N) is 1. The van der Waals surface area contributed by atoms with E-state index in [0.29, 0.717) is 6.54 Å². The van der Waals surface area contributed by atoms with Crippen LogP contribution < -0.4 is 0 Å². The molecule has 0 saturated carbocycles. The Morgan fingerprint density at radius 1 is 1.31 bits per heavy atom. The summed E-state index contributed by atoms with van der Waals surface area (Å²) in [5.41, 5.74) is 0.950. The molecule has 0 spiro atoms. The summed E-state index contributed by atoms with van der Waals surface area (Å²) in [7, 11) is 0. The van der Waals surface area contributed by atoms with Crippen LogP contribution in [0.15, 0.2) is 30.3 Å². The summed E-state index contributed by atoms with van der Waals surface area (Å²) in [6, 6.07) is 9.93. The highest BCUT2D eigenvalue weighted by Gasteiger charge is 2.25. The number of β-amino-alcohol motifs (C(OH)–C–C–N with tert-alkyl or cyclic N) is 1. The van der Waals surface area contributed by atoms with Gasteiger partial charge in [-0.15, -0.1) is 0 Å². The molecule has 1 aromatic carbocycles. The van der Waals surface area contributed by atoms with Gasteiger partial charge in [0.1, 0.15) is 0 Å². The molecule has 16 heavy (non-hydrogen) atoms. The third kappa shape index (κ3) is 2.61. The lowest BCUT2D eigenvalue weighted by Gasteiger charge is -2.25. The number of rotatable bonds is 4. The van der Waals surface area contributed by atoms with Crippen molar-refractivity contribution in [2.45, 2.75) is 25.0 Å². The van der Waals surface area contributed by atoms with E-state index >= 15 is 0 Å². The summed E-state index contributed by atoms with van der Waals surface area (Å²) in [5.74, 6) is 0. The Morgan fingerprint density at radius 2 is 2.06 bits per heavy atom. The summed E-state index contributed by atoms with van der Waals surface area (Å²) >= 11 is 0. The maximum atomic E-state index is 10.1. The first-order valence-corrected chi connectivity index (χ1v) is 5.89. The third-order valence-electron chi connectivity index (χ3n) is 3.30. The second kappa shape index (κ2) is 5.43. The SMILES string of the molecule is OC[C@@H]1CCCN1C[C@H](O)c1ccccc1. The first-order chi connectivity index (χ1) is 7.81. The van der Waals surface area contributed by atoms with Crippen LogP contribution in [0.5, 0.6) is 0 Å². The van der Waals surface area contributed by atoms with E-state index in [2.05, 4.69) is 4.90 Å². The van der Waals surface area contributed by atoms with Crippen LogP contribution in [0.3, 0.4) is 0 Å². The predicted molar refractivity (Wildman–Crippen MR) is 63.1 cm³/mol. The van der Waals surface area contributed by atoms with Crippen molar-refractivity contribution in [1.82, 2.24) is 4.90 Å². The Balaban J connectivity index is 1.94. The van der Waals surface area contributed by atoms with E-state index in [1.807, 2.05) is 30.3 Å². The summed E-state index contributed by atoms with van der Waals surface area (Å²) in [4.78, 5) is 2.18. The largest absolute Gasteiger partial charge is 0.395 e. The second-order valence-corrected chi connectivity index (χ2v) is 4.40. The Kier molecular flexibility index (Phi) is 3.93. The Labute approximate surface area is 96.3 Å². The molecule has 0 unspecified atom stereocenters. The molecule has 1 aliphatic rings. The van der Waals surface area contributed by atoms with Gasteiger partial charge in [0.05, 0.1) is 12.7 Å². The Hall–Kier alpha value is -0.900. The van der Waals surface area contributed by atoms with Crippen LogP contribution in [0.25, 0.3) is 0 Å².